The predicted octanol–water partition coefficient (Wildman–Crippen LogP) is 0.544. The second-order valence-corrected chi connectivity index (χ2v) is 4.62. The van der Waals surface area contributed by atoms with E-state index in [2.05, 4.69) is 31.5 Å². The smallest absolute Gasteiger partial charge is 0.252 e. The van der Waals surface area contributed by atoms with Crippen LogP contribution in [0.15, 0.2) is 22.9 Å². The minimum Gasteiger partial charge on any atom is -0.392 e. The highest BCUT2D eigenvalue weighted by Gasteiger charge is 2.05. The Balaban J connectivity index is 2.26. The summed E-state index contributed by atoms with van der Waals surface area (Å²) < 4.78 is 0.775. The molecule has 0 saturated heterocycles. The lowest BCUT2D eigenvalue weighted by Crippen LogP contribution is -2.34. The summed E-state index contributed by atoms with van der Waals surface area (Å²) in [5, 5.41) is 14.8. The molecule has 0 aromatic carbocycles. The fourth-order valence-corrected chi connectivity index (χ4v) is 1.58. The number of carbonyl (C=O) groups excluding carboxylic acids is 1. The first-order chi connectivity index (χ1) is 8.09. The summed E-state index contributed by atoms with van der Waals surface area (Å²) in [4.78, 5) is 15.6. The van der Waals surface area contributed by atoms with Gasteiger partial charge in [-0.3, -0.25) is 9.78 Å². The number of aromatic nitrogens is 1. The van der Waals surface area contributed by atoms with Gasteiger partial charge in [-0.1, -0.05) is 0 Å². The summed E-state index contributed by atoms with van der Waals surface area (Å²) in [6.07, 6.45) is 2.77. The molecule has 3 N–H and O–H groups in total. The number of carbonyl (C=O) groups is 1. The maximum absolute atomic E-state index is 11.6. The molecule has 0 aliphatic rings. The Morgan fingerprint density at radius 3 is 2.94 bits per heavy atom. The molecule has 0 saturated carbocycles. The summed E-state index contributed by atoms with van der Waals surface area (Å²) in [6.45, 7) is 3.36. The number of hydrogen-bond donors (Lipinski definition) is 3. The average Bonchev–Trinajstić information content (AvgIpc) is 2.28. The normalized spacial score (nSPS) is 12.2. The lowest BCUT2D eigenvalue weighted by molar-refractivity contribution is 0.0953. The van der Waals surface area contributed by atoms with Gasteiger partial charge in [-0.25, -0.2) is 0 Å². The molecule has 0 aliphatic heterocycles. The van der Waals surface area contributed by atoms with E-state index in [0.717, 1.165) is 4.47 Å². The molecule has 1 amide bonds. The van der Waals surface area contributed by atoms with Crippen molar-refractivity contribution in [3.8, 4) is 0 Å². The van der Waals surface area contributed by atoms with E-state index < -0.39 is 0 Å². The number of rotatable bonds is 6. The average molecular weight is 302 g/mol. The summed E-state index contributed by atoms with van der Waals surface area (Å²) in [6, 6.07) is 1.71. The van der Waals surface area contributed by atoms with Crippen molar-refractivity contribution in [3.05, 3.63) is 28.5 Å². The molecule has 17 heavy (non-hydrogen) atoms. The van der Waals surface area contributed by atoms with Crippen molar-refractivity contribution in [2.45, 2.75) is 13.0 Å². The maximum Gasteiger partial charge on any atom is 0.252 e. The summed E-state index contributed by atoms with van der Waals surface area (Å²) in [5.41, 5.74) is 0.523. The molecule has 1 aromatic heterocycles. The van der Waals surface area contributed by atoms with Gasteiger partial charge in [0.2, 0.25) is 0 Å². The zero-order valence-corrected chi connectivity index (χ0v) is 11.2. The minimum atomic E-state index is -0.375. The third kappa shape index (κ3) is 5.76. The molecular formula is C11H16BrN3O2. The van der Waals surface area contributed by atoms with Crippen LogP contribution >= 0.6 is 15.9 Å². The van der Waals surface area contributed by atoms with Gasteiger partial charge in [0.15, 0.2) is 0 Å². The zero-order chi connectivity index (χ0) is 12.7. The molecule has 1 atom stereocenters. The second-order valence-electron chi connectivity index (χ2n) is 3.70. The molecular weight excluding hydrogens is 286 g/mol. The molecule has 6 heteroatoms. The number of aliphatic hydroxyl groups excluding tert-OH is 1. The van der Waals surface area contributed by atoms with Crippen LogP contribution in [0.5, 0.6) is 0 Å². The van der Waals surface area contributed by atoms with Gasteiger partial charge in [0.25, 0.3) is 5.91 Å². The highest BCUT2D eigenvalue weighted by molar-refractivity contribution is 9.10. The van der Waals surface area contributed by atoms with Gasteiger partial charge in [-0.2, -0.15) is 0 Å². The summed E-state index contributed by atoms with van der Waals surface area (Å²) >= 11 is 3.26. The molecule has 94 valence electrons. The topological polar surface area (TPSA) is 74.2 Å². The van der Waals surface area contributed by atoms with Crippen molar-refractivity contribution >= 4 is 21.8 Å². The van der Waals surface area contributed by atoms with Crippen LogP contribution in [0.25, 0.3) is 0 Å². The van der Waals surface area contributed by atoms with Gasteiger partial charge in [-0.15, -0.1) is 0 Å². The summed E-state index contributed by atoms with van der Waals surface area (Å²) in [5.74, 6) is -0.155. The van der Waals surface area contributed by atoms with Gasteiger partial charge in [-0.05, 0) is 28.9 Å². The van der Waals surface area contributed by atoms with Crippen LogP contribution in [-0.2, 0) is 0 Å². The number of pyridine rings is 1. The van der Waals surface area contributed by atoms with E-state index in [9.17, 15) is 4.79 Å². The fraction of sp³-hybridized carbons (Fsp3) is 0.455. The quantitative estimate of drug-likeness (QED) is 0.671. The van der Waals surface area contributed by atoms with Gasteiger partial charge in [0.1, 0.15) is 0 Å². The van der Waals surface area contributed by atoms with Crippen molar-refractivity contribution < 1.29 is 9.90 Å². The molecule has 0 fully saturated rings. The summed E-state index contributed by atoms with van der Waals surface area (Å²) in [7, 11) is 0. The molecule has 0 radical (unpaired) electrons. The molecule has 0 spiro atoms. The minimum absolute atomic E-state index is 0.155. The first kappa shape index (κ1) is 14.1. The highest BCUT2D eigenvalue weighted by atomic mass is 79.9. The maximum atomic E-state index is 11.6. The number of nitrogens with one attached hydrogen (secondary N) is 2. The third-order valence-corrected chi connectivity index (χ3v) is 2.43. The van der Waals surface area contributed by atoms with Crippen molar-refractivity contribution in [2.75, 3.05) is 19.6 Å². The Labute approximate surface area is 109 Å². The van der Waals surface area contributed by atoms with Crippen LogP contribution in [0, 0.1) is 0 Å². The number of nitrogens with zero attached hydrogens (tertiary/aromatic N) is 1. The molecule has 5 nitrogen and oxygen atoms in total. The van der Waals surface area contributed by atoms with E-state index in [4.69, 9.17) is 5.11 Å². The standard InChI is InChI=1S/C11H16BrN3O2/c1-8(16)5-13-2-3-15-11(17)9-4-10(12)7-14-6-9/h4,6-8,13,16H,2-3,5H2,1H3,(H,15,17). The Morgan fingerprint density at radius 1 is 1.53 bits per heavy atom. The Morgan fingerprint density at radius 2 is 2.29 bits per heavy atom. The predicted molar refractivity (Wildman–Crippen MR) is 68.8 cm³/mol. The molecule has 1 unspecified atom stereocenters. The van der Waals surface area contributed by atoms with E-state index in [0.29, 0.717) is 25.2 Å². The molecule has 0 aliphatic carbocycles. The van der Waals surface area contributed by atoms with Crippen LogP contribution in [0.3, 0.4) is 0 Å². The number of hydrogen-bond acceptors (Lipinski definition) is 4. The van der Waals surface area contributed by atoms with Gasteiger partial charge in [0, 0.05) is 36.5 Å². The van der Waals surface area contributed by atoms with Crippen LogP contribution in [0.1, 0.15) is 17.3 Å². The highest BCUT2D eigenvalue weighted by Crippen LogP contribution is 2.08. The van der Waals surface area contributed by atoms with Crippen LogP contribution in [0.4, 0.5) is 0 Å². The monoisotopic (exact) mass is 301 g/mol. The van der Waals surface area contributed by atoms with Crippen molar-refractivity contribution in [1.29, 1.82) is 0 Å². The molecule has 0 bridgehead atoms. The van der Waals surface area contributed by atoms with Gasteiger partial charge >= 0.3 is 0 Å². The largest absolute Gasteiger partial charge is 0.392 e. The third-order valence-electron chi connectivity index (χ3n) is 1.99. The van der Waals surface area contributed by atoms with Gasteiger partial charge in [0.05, 0.1) is 11.7 Å². The van der Waals surface area contributed by atoms with E-state index in [1.54, 1.807) is 19.2 Å². The van der Waals surface area contributed by atoms with Crippen LogP contribution in [-0.4, -0.2) is 41.7 Å². The Kier molecular flexibility index (Phi) is 6.10. The Hall–Kier alpha value is -0.980. The zero-order valence-electron chi connectivity index (χ0n) is 9.61. The van der Waals surface area contributed by atoms with E-state index in [-0.39, 0.29) is 12.0 Å². The number of halogens is 1. The molecule has 1 rings (SSSR count). The van der Waals surface area contributed by atoms with E-state index >= 15 is 0 Å². The Bertz CT molecular complexity index is 371. The van der Waals surface area contributed by atoms with Crippen molar-refractivity contribution in [3.63, 3.8) is 0 Å². The second kappa shape index (κ2) is 7.37. The van der Waals surface area contributed by atoms with Crippen LogP contribution < -0.4 is 10.6 Å². The first-order valence-electron chi connectivity index (χ1n) is 5.37. The van der Waals surface area contributed by atoms with Crippen molar-refractivity contribution in [2.24, 2.45) is 0 Å². The lowest BCUT2D eigenvalue weighted by atomic mass is 10.3. The number of amides is 1. The van der Waals surface area contributed by atoms with E-state index in [1.165, 1.54) is 6.20 Å². The number of aliphatic hydroxyl groups is 1. The van der Waals surface area contributed by atoms with Crippen LogP contribution in [0.2, 0.25) is 0 Å². The fourth-order valence-electron chi connectivity index (χ4n) is 1.21. The SMILES string of the molecule is CC(O)CNCCNC(=O)c1cncc(Br)c1. The molecule has 1 aromatic rings. The molecule has 1 heterocycles. The van der Waals surface area contributed by atoms with Crippen molar-refractivity contribution in [1.82, 2.24) is 15.6 Å². The lowest BCUT2D eigenvalue weighted by Gasteiger charge is -2.08. The van der Waals surface area contributed by atoms with E-state index in [1.807, 2.05) is 0 Å². The van der Waals surface area contributed by atoms with Gasteiger partial charge < -0.3 is 15.7 Å². The first-order valence-corrected chi connectivity index (χ1v) is 6.16.